The number of aliphatic hydroxyl groups excluding tert-OH is 1. The smallest absolute Gasteiger partial charge is 0.291 e. The number of benzene rings is 2. The van der Waals surface area contributed by atoms with E-state index in [1.807, 2.05) is 56.3 Å². The van der Waals surface area contributed by atoms with Crippen molar-refractivity contribution in [3.8, 4) is 17.1 Å². The first-order valence-electron chi connectivity index (χ1n) is 8.09. The van der Waals surface area contributed by atoms with Crippen LogP contribution in [0.2, 0.25) is 0 Å². The van der Waals surface area contributed by atoms with Gasteiger partial charge in [0.1, 0.15) is 0 Å². The van der Waals surface area contributed by atoms with Crippen LogP contribution in [0.15, 0.2) is 48.5 Å². The van der Waals surface area contributed by atoms with E-state index in [0.29, 0.717) is 5.82 Å². The van der Waals surface area contributed by atoms with Crippen LogP contribution in [0.25, 0.3) is 17.1 Å². The summed E-state index contributed by atoms with van der Waals surface area (Å²) < 4.78 is 1.69. The van der Waals surface area contributed by atoms with Crippen molar-refractivity contribution in [3.05, 3.63) is 65.5 Å². The van der Waals surface area contributed by atoms with E-state index >= 15 is 0 Å². The minimum atomic E-state index is -0.408. The molecule has 1 amide bonds. The number of rotatable bonds is 5. The molecule has 6 nitrogen and oxygen atoms in total. The molecule has 0 aliphatic carbocycles. The van der Waals surface area contributed by atoms with Crippen LogP contribution >= 0.6 is 0 Å². The molecule has 2 aromatic carbocycles. The molecular weight excluding hydrogens is 316 g/mol. The third-order valence-corrected chi connectivity index (χ3v) is 3.82. The maximum absolute atomic E-state index is 12.2. The second kappa shape index (κ2) is 7.27. The zero-order valence-corrected chi connectivity index (χ0v) is 14.2. The highest BCUT2D eigenvalue weighted by atomic mass is 16.3. The third-order valence-electron chi connectivity index (χ3n) is 3.82. The molecule has 0 aliphatic rings. The SMILES string of the molecule is Cc1ccc(-n2nc(C(=O)NCCO)nc2-c2ccccc2)c(C)c1. The van der Waals surface area contributed by atoms with Gasteiger partial charge >= 0.3 is 0 Å². The Morgan fingerprint density at radius 2 is 1.92 bits per heavy atom. The highest BCUT2D eigenvalue weighted by Gasteiger charge is 2.19. The van der Waals surface area contributed by atoms with E-state index < -0.39 is 5.91 Å². The molecule has 1 aromatic heterocycles. The number of nitrogens with one attached hydrogen (secondary N) is 1. The summed E-state index contributed by atoms with van der Waals surface area (Å²) in [5, 5.41) is 15.9. The van der Waals surface area contributed by atoms with Gasteiger partial charge in [-0.1, -0.05) is 48.0 Å². The first-order chi connectivity index (χ1) is 12.1. The van der Waals surface area contributed by atoms with Crippen LogP contribution in [0.5, 0.6) is 0 Å². The number of aliphatic hydroxyl groups is 1. The maximum atomic E-state index is 12.2. The Morgan fingerprint density at radius 1 is 1.16 bits per heavy atom. The molecule has 1 heterocycles. The molecule has 0 bridgehead atoms. The summed E-state index contributed by atoms with van der Waals surface area (Å²) in [7, 11) is 0. The fraction of sp³-hybridized carbons (Fsp3) is 0.211. The zero-order valence-electron chi connectivity index (χ0n) is 14.2. The summed E-state index contributed by atoms with van der Waals surface area (Å²) in [5.74, 6) is 0.267. The lowest BCUT2D eigenvalue weighted by Crippen LogP contribution is -2.27. The monoisotopic (exact) mass is 336 g/mol. The Balaban J connectivity index is 2.12. The van der Waals surface area contributed by atoms with Gasteiger partial charge in [-0.15, -0.1) is 5.10 Å². The molecule has 0 radical (unpaired) electrons. The molecule has 0 atom stereocenters. The Kier molecular flexibility index (Phi) is 4.90. The van der Waals surface area contributed by atoms with Crippen molar-refractivity contribution >= 4 is 5.91 Å². The van der Waals surface area contributed by atoms with E-state index in [1.54, 1.807) is 4.68 Å². The first-order valence-corrected chi connectivity index (χ1v) is 8.09. The Morgan fingerprint density at radius 3 is 2.60 bits per heavy atom. The molecule has 0 saturated heterocycles. The molecule has 0 unspecified atom stereocenters. The van der Waals surface area contributed by atoms with Crippen molar-refractivity contribution in [3.63, 3.8) is 0 Å². The molecule has 0 aliphatic heterocycles. The molecule has 0 spiro atoms. The van der Waals surface area contributed by atoms with Crippen LogP contribution in [-0.2, 0) is 0 Å². The molecule has 0 saturated carbocycles. The summed E-state index contributed by atoms with van der Waals surface area (Å²) >= 11 is 0. The lowest BCUT2D eigenvalue weighted by Gasteiger charge is -2.09. The zero-order chi connectivity index (χ0) is 17.8. The van der Waals surface area contributed by atoms with Crippen LogP contribution in [-0.4, -0.2) is 38.9 Å². The molecule has 6 heteroatoms. The average Bonchev–Trinajstić information content (AvgIpc) is 3.05. The Hall–Kier alpha value is -2.99. The van der Waals surface area contributed by atoms with E-state index in [9.17, 15) is 4.79 Å². The molecule has 3 rings (SSSR count). The minimum Gasteiger partial charge on any atom is -0.395 e. The summed E-state index contributed by atoms with van der Waals surface area (Å²) in [4.78, 5) is 16.6. The fourth-order valence-corrected chi connectivity index (χ4v) is 2.64. The normalized spacial score (nSPS) is 10.7. The van der Waals surface area contributed by atoms with Gasteiger partial charge in [-0.05, 0) is 25.5 Å². The maximum Gasteiger partial charge on any atom is 0.291 e. The van der Waals surface area contributed by atoms with Crippen LogP contribution in [0.3, 0.4) is 0 Å². The summed E-state index contributed by atoms with van der Waals surface area (Å²) in [6.45, 7) is 4.07. The van der Waals surface area contributed by atoms with Gasteiger partial charge in [0.2, 0.25) is 5.82 Å². The fourth-order valence-electron chi connectivity index (χ4n) is 2.64. The summed E-state index contributed by atoms with van der Waals surface area (Å²) in [6.07, 6.45) is 0. The van der Waals surface area contributed by atoms with Crippen molar-refractivity contribution < 1.29 is 9.90 Å². The lowest BCUT2D eigenvalue weighted by atomic mass is 10.1. The number of carbonyl (C=O) groups is 1. The van der Waals surface area contributed by atoms with Crippen molar-refractivity contribution in [1.82, 2.24) is 20.1 Å². The van der Waals surface area contributed by atoms with Crippen molar-refractivity contribution in [2.24, 2.45) is 0 Å². The molecule has 25 heavy (non-hydrogen) atoms. The molecule has 0 fully saturated rings. The summed E-state index contributed by atoms with van der Waals surface area (Å²) in [5.41, 5.74) is 3.95. The number of aryl methyl sites for hydroxylation is 2. The van der Waals surface area contributed by atoms with E-state index in [-0.39, 0.29) is 19.0 Å². The highest BCUT2D eigenvalue weighted by Crippen LogP contribution is 2.23. The molecule has 3 aromatic rings. The number of aromatic nitrogens is 3. The van der Waals surface area contributed by atoms with Crippen LogP contribution in [0.1, 0.15) is 21.7 Å². The van der Waals surface area contributed by atoms with Crippen molar-refractivity contribution in [2.45, 2.75) is 13.8 Å². The van der Waals surface area contributed by atoms with E-state index in [4.69, 9.17) is 5.11 Å². The first kappa shape index (κ1) is 16.9. The molecular formula is C19H20N4O2. The van der Waals surface area contributed by atoms with Gasteiger partial charge in [0, 0.05) is 12.1 Å². The number of hydrogen-bond acceptors (Lipinski definition) is 4. The number of amides is 1. The number of nitrogens with zero attached hydrogens (tertiary/aromatic N) is 3. The third kappa shape index (κ3) is 3.59. The van der Waals surface area contributed by atoms with Crippen molar-refractivity contribution in [2.75, 3.05) is 13.2 Å². The number of hydrogen-bond donors (Lipinski definition) is 2. The molecule has 128 valence electrons. The average molecular weight is 336 g/mol. The van der Waals surface area contributed by atoms with Crippen molar-refractivity contribution in [1.29, 1.82) is 0 Å². The van der Waals surface area contributed by atoms with Crippen LogP contribution in [0.4, 0.5) is 0 Å². The lowest BCUT2D eigenvalue weighted by molar-refractivity contribution is 0.0934. The van der Waals surface area contributed by atoms with Gasteiger partial charge in [0.15, 0.2) is 5.82 Å². The van der Waals surface area contributed by atoms with Gasteiger partial charge in [-0.2, -0.15) is 0 Å². The second-order valence-electron chi connectivity index (χ2n) is 5.81. The van der Waals surface area contributed by atoms with Gasteiger partial charge < -0.3 is 10.4 Å². The van der Waals surface area contributed by atoms with E-state index in [1.165, 1.54) is 0 Å². The van der Waals surface area contributed by atoms with E-state index in [2.05, 4.69) is 21.5 Å². The Bertz CT molecular complexity index is 888. The second-order valence-corrected chi connectivity index (χ2v) is 5.81. The quantitative estimate of drug-likeness (QED) is 0.749. The van der Waals surface area contributed by atoms with Gasteiger partial charge in [-0.3, -0.25) is 4.79 Å². The number of carbonyl (C=O) groups excluding carboxylic acids is 1. The van der Waals surface area contributed by atoms with Gasteiger partial charge in [-0.25, -0.2) is 9.67 Å². The van der Waals surface area contributed by atoms with Gasteiger partial charge in [0.05, 0.1) is 12.3 Å². The summed E-state index contributed by atoms with van der Waals surface area (Å²) in [6, 6.07) is 15.7. The minimum absolute atomic E-state index is 0.0762. The van der Waals surface area contributed by atoms with Crippen LogP contribution in [0, 0.1) is 13.8 Å². The largest absolute Gasteiger partial charge is 0.395 e. The van der Waals surface area contributed by atoms with Crippen LogP contribution < -0.4 is 5.32 Å². The molecule has 2 N–H and O–H groups in total. The topological polar surface area (TPSA) is 80.0 Å². The predicted octanol–water partition coefficient (Wildman–Crippen LogP) is 2.27. The predicted molar refractivity (Wildman–Crippen MR) is 95.7 cm³/mol. The van der Waals surface area contributed by atoms with E-state index in [0.717, 1.165) is 22.4 Å². The van der Waals surface area contributed by atoms with Gasteiger partial charge in [0.25, 0.3) is 5.91 Å². The highest BCUT2D eigenvalue weighted by molar-refractivity contribution is 5.91. The standard InChI is InChI=1S/C19H20N4O2/c1-13-8-9-16(14(2)12-13)23-18(15-6-4-3-5-7-15)21-17(22-23)19(25)20-10-11-24/h3-9,12,24H,10-11H2,1-2H3,(H,20,25). The Labute approximate surface area is 146 Å².